The summed E-state index contributed by atoms with van der Waals surface area (Å²) < 4.78 is 7.57. The van der Waals surface area contributed by atoms with Crippen LogP contribution in [-0.2, 0) is 9.53 Å². The average molecular weight is 320 g/mol. The first-order valence-electron chi connectivity index (χ1n) is 7.75. The van der Waals surface area contributed by atoms with Gasteiger partial charge in [-0.05, 0) is 43.9 Å². The molecule has 1 aliphatic carbocycles. The third-order valence-corrected chi connectivity index (χ3v) is 4.85. The number of benzene rings is 1. The van der Waals surface area contributed by atoms with Crippen LogP contribution in [0.2, 0.25) is 5.02 Å². The Morgan fingerprint density at radius 3 is 3.05 bits per heavy atom. The zero-order chi connectivity index (χ0) is 15.1. The second kappa shape index (κ2) is 5.56. The second-order valence-electron chi connectivity index (χ2n) is 6.12. The number of hydrogen-bond acceptors (Lipinski definition) is 3. The molecule has 1 amide bonds. The highest BCUT2D eigenvalue weighted by Crippen LogP contribution is 2.35. The molecule has 22 heavy (non-hydrogen) atoms. The standard InChI is InChI=1S/C16H18ClN3O2/c17-10-3-4-13-14(6-10)20(9-18-13)12-7-11(8-12)19-16(21)15-2-1-5-22-15/h3-4,6,9,11-12,15H,1-2,5,7-8H2,(H,19,21)/t11?,12?,15-/m0/s1. The number of fused-ring (bicyclic) bond motifs is 1. The van der Waals surface area contributed by atoms with E-state index >= 15 is 0 Å². The van der Waals surface area contributed by atoms with Crippen molar-refractivity contribution in [2.24, 2.45) is 0 Å². The van der Waals surface area contributed by atoms with E-state index < -0.39 is 0 Å². The molecule has 0 bridgehead atoms. The number of aromatic nitrogens is 2. The van der Waals surface area contributed by atoms with Crippen molar-refractivity contribution >= 4 is 28.5 Å². The molecule has 1 saturated carbocycles. The number of nitrogens with zero attached hydrogens (tertiary/aromatic N) is 2. The lowest BCUT2D eigenvalue weighted by atomic mass is 9.86. The molecule has 1 N–H and O–H groups in total. The molecule has 2 aromatic rings. The molecule has 5 nitrogen and oxygen atoms in total. The number of halogens is 1. The third-order valence-electron chi connectivity index (χ3n) is 4.61. The van der Waals surface area contributed by atoms with Crippen molar-refractivity contribution in [3.05, 3.63) is 29.5 Å². The van der Waals surface area contributed by atoms with Gasteiger partial charge in [0.25, 0.3) is 0 Å². The number of rotatable bonds is 3. The van der Waals surface area contributed by atoms with Gasteiger partial charge in [-0.2, -0.15) is 0 Å². The quantitative estimate of drug-likeness (QED) is 0.946. The van der Waals surface area contributed by atoms with Crippen molar-refractivity contribution in [2.45, 2.75) is 43.9 Å². The molecular formula is C16H18ClN3O2. The van der Waals surface area contributed by atoms with E-state index in [1.807, 2.05) is 24.5 Å². The lowest BCUT2D eigenvalue weighted by molar-refractivity contribution is -0.131. The van der Waals surface area contributed by atoms with Crippen LogP contribution in [0.1, 0.15) is 31.7 Å². The topological polar surface area (TPSA) is 56.2 Å². The molecule has 2 fully saturated rings. The van der Waals surface area contributed by atoms with E-state index in [9.17, 15) is 4.79 Å². The van der Waals surface area contributed by atoms with Gasteiger partial charge in [0.1, 0.15) is 6.10 Å². The Balaban J connectivity index is 1.40. The predicted molar refractivity (Wildman–Crippen MR) is 83.9 cm³/mol. The fourth-order valence-electron chi connectivity index (χ4n) is 3.30. The van der Waals surface area contributed by atoms with Crippen LogP contribution in [0, 0.1) is 0 Å². The highest BCUT2D eigenvalue weighted by atomic mass is 35.5. The summed E-state index contributed by atoms with van der Waals surface area (Å²) >= 11 is 6.07. The molecule has 0 spiro atoms. The maximum Gasteiger partial charge on any atom is 0.249 e. The lowest BCUT2D eigenvalue weighted by Gasteiger charge is -2.37. The summed E-state index contributed by atoms with van der Waals surface area (Å²) in [6.07, 6.45) is 5.29. The van der Waals surface area contributed by atoms with Crippen molar-refractivity contribution in [3.8, 4) is 0 Å². The third kappa shape index (κ3) is 2.48. The van der Waals surface area contributed by atoms with Gasteiger partial charge in [-0.15, -0.1) is 0 Å². The normalized spacial score (nSPS) is 27.8. The van der Waals surface area contributed by atoms with Gasteiger partial charge in [-0.1, -0.05) is 11.6 Å². The van der Waals surface area contributed by atoms with Crippen molar-refractivity contribution in [1.29, 1.82) is 0 Å². The summed E-state index contributed by atoms with van der Waals surface area (Å²) in [7, 11) is 0. The Morgan fingerprint density at radius 2 is 2.27 bits per heavy atom. The van der Waals surface area contributed by atoms with E-state index in [0.717, 1.165) is 41.7 Å². The van der Waals surface area contributed by atoms with E-state index in [1.165, 1.54) is 0 Å². The highest BCUT2D eigenvalue weighted by molar-refractivity contribution is 6.31. The maximum absolute atomic E-state index is 12.0. The number of carbonyl (C=O) groups is 1. The summed E-state index contributed by atoms with van der Waals surface area (Å²) in [5.41, 5.74) is 2.01. The molecule has 6 heteroatoms. The largest absolute Gasteiger partial charge is 0.368 e. The van der Waals surface area contributed by atoms with Gasteiger partial charge in [0.15, 0.2) is 0 Å². The number of nitrogens with one attached hydrogen (secondary N) is 1. The minimum absolute atomic E-state index is 0.0412. The van der Waals surface area contributed by atoms with Gasteiger partial charge in [0.2, 0.25) is 5.91 Å². The van der Waals surface area contributed by atoms with Crippen molar-refractivity contribution < 1.29 is 9.53 Å². The molecule has 2 aliphatic rings. The minimum atomic E-state index is -0.244. The highest BCUT2D eigenvalue weighted by Gasteiger charge is 2.34. The summed E-state index contributed by atoms with van der Waals surface area (Å²) in [5, 5.41) is 3.81. The van der Waals surface area contributed by atoms with Gasteiger partial charge in [-0.25, -0.2) is 4.98 Å². The Hall–Kier alpha value is -1.59. The molecule has 0 radical (unpaired) electrons. The van der Waals surface area contributed by atoms with Gasteiger partial charge in [0.05, 0.1) is 17.4 Å². The molecule has 0 unspecified atom stereocenters. The number of ether oxygens (including phenoxy) is 1. The fraction of sp³-hybridized carbons (Fsp3) is 0.500. The van der Waals surface area contributed by atoms with E-state index in [1.54, 1.807) is 0 Å². The van der Waals surface area contributed by atoms with Crippen molar-refractivity contribution in [2.75, 3.05) is 6.61 Å². The van der Waals surface area contributed by atoms with Crippen LogP contribution in [0.25, 0.3) is 11.0 Å². The number of hydrogen-bond donors (Lipinski definition) is 1. The minimum Gasteiger partial charge on any atom is -0.368 e. The van der Waals surface area contributed by atoms with Crippen molar-refractivity contribution in [3.63, 3.8) is 0 Å². The van der Waals surface area contributed by atoms with Crippen LogP contribution in [0.15, 0.2) is 24.5 Å². The van der Waals surface area contributed by atoms with Gasteiger partial charge < -0.3 is 14.6 Å². The zero-order valence-electron chi connectivity index (χ0n) is 12.2. The van der Waals surface area contributed by atoms with Crippen LogP contribution in [0.4, 0.5) is 0 Å². The number of amides is 1. The first kappa shape index (κ1) is 14.0. The van der Waals surface area contributed by atoms with Crippen LogP contribution in [-0.4, -0.2) is 34.2 Å². The molecule has 1 atom stereocenters. The van der Waals surface area contributed by atoms with E-state index in [2.05, 4.69) is 14.9 Å². The predicted octanol–water partition coefficient (Wildman–Crippen LogP) is 2.69. The maximum atomic E-state index is 12.0. The fourth-order valence-corrected chi connectivity index (χ4v) is 3.47. The van der Waals surface area contributed by atoms with Gasteiger partial charge >= 0.3 is 0 Å². The Morgan fingerprint density at radius 1 is 1.41 bits per heavy atom. The first-order chi connectivity index (χ1) is 10.7. The van der Waals surface area contributed by atoms with Crippen LogP contribution >= 0.6 is 11.6 Å². The van der Waals surface area contributed by atoms with Crippen LogP contribution in [0.5, 0.6) is 0 Å². The van der Waals surface area contributed by atoms with E-state index in [-0.39, 0.29) is 18.1 Å². The molecule has 2 heterocycles. The molecule has 1 saturated heterocycles. The number of imidazole rings is 1. The summed E-state index contributed by atoms with van der Waals surface area (Å²) in [6.45, 7) is 0.702. The number of carbonyl (C=O) groups excluding carboxylic acids is 1. The van der Waals surface area contributed by atoms with E-state index in [0.29, 0.717) is 12.6 Å². The summed E-state index contributed by atoms with van der Waals surface area (Å²) in [5.74, 6) is 0.0412. The molecule has 116 valence electrons. The van der Waals surface area contributed by atoms with Crippen LogP contribution in [0.3, 0.4) is 0 Å². The molecular weight excluding hydrogens is 302 g/mol. The smallest absolute Gasteiger partial charge is 0.249 e. The molecule has 1 aliphatic heterocycles. The molecule has 1 aromatic heterocycles. The van der Waals surface area contributed by atoms with Crippen molar-refractivity contribution in [1.82, 2.24) is 14.9 Å². The van der Waals surface area contributed by atoms with Gasteiger partial charge in [0, 0.05) is 23.7 Å². The molecule has 1 aromatic carbocycles. The van der Waals surface area contributed by atoms with Gasteiger partial charge in [-0.3, -0.25) is 4.79 Å². The second-order valence-corrected chi connectivity index (χ2v) is 6.55. The molecule has 4 rings (SSSR count). The Labute approximate surface area is 133 Å². The summed E-state index contributed by atoms with van der Waals surface area (Å²) in [6, 6.07) is 6.34. The Kier molecular flexibility index (Phi) is 3.54. The summed E-state index contributed by atoms with van der Waals surface area (Å²) in [4.78, 5) is 16.4. The average Bonchev–Trinajstić information content (AvgIpc) is 3.11. The monoisotopic (exact) mass is 319 g/mol. The lowest BCUT2D eigenvalue weighted by Crippen LogP contribution is -2.48. The first-order valence-corrected chi connectivity index (χ1v) is 8.12. The SMILES string of the molecule is O=C(NC1CC(n2cnc3ccc(Cl)cc32)C1)[C@@H]1CCCO1. The zero-order valence-corrected chi connectivity index (χ0v) is 12.9. The van der Waals surface area contributed by atoms with E-state index in [4.69, 9.17) is 16.3 Å². The Bertz CT molecular complexity index is 702. The van der Waals surface area contributed by atoms with Crippen LogP contribution < -0.4 is 5.32 Å².